The standard InChI is InChI=1S/C34H29ClN2O4/c1-39-33-18-25(14-16-32(33)41-22-24-8-3-2-4-9-24)23-40-31-17-15-29(35)19-28(31)21-36-37-34(38)20-27-12-7-11-26-10-5-6-13-30(26)27/h2-19,21H,20,22-23H2,1H3,(H,37,38)/b36-21+. The lowest BCUT2D eigenvalue weighted by atomic mass is 10.0. The zero-order chi connectivity index (χ0) is 28.4. The number of rotatable bonds is 11. The summed E-state index contributed by atoms with van der Waals surface area (Å²) in [5.41, 5.74) is 6.16. The first-order valence-electron chi connectivity index (χ1n) is 13.1. The summed E-state index contributed by atoms with van der Waals surface area (Å²) in [4.78, 5) is 12.6. The topological polar surface area (TPSA) is 69.2 Å². The lowest BCUT2D eigenvalue weighted by molar-refractivity contribution is -0.120. The highest BCUT2D eigenvalue weighted by molar-refractivity contribution is 6.30. The van der Waals surface area contributed by atoms with E-state index in [1.165, 1.54) is 6.21 Å². The lowest BCUT2D eigenvalue weighted by Gasteiger charge is -2.14. The molecule has 0 saturated heterocycles. The van der Waals surface area contributed by atoms with Gasteiger partial charge in [-0.25, -0.2) is 5.43 Å². The summed E-state index contributed by atoms with van der Waals surface area (Å²) in [6.45, 7) is 0.726. The Morgan fingerprint density at radius 3 is 2.37 bits per heavy atom. The zero-order valence-electron chi connectivity index (χ0n) is 22.5. The van der Waals surface area contributed by atoms with Gasteiger partial charge in [-0.1, -0.05) is 90.5 Å². The average molecular weight is 565 g/mol. The van der Waals surface area contributed by atoms with Crippen molar-refractivity contribution >= 4 is 34.5 Å². The summed E-state index contributed by atoms with van der Waals surface area (Å²) in [6.07, 6.45) is 1.74. The molecule has 0 aliphatic heterocycles. The van der Waals surface area contributed by atoms with E-state index in [1.54, 1.807) is 25.3 Å². The fourth-order valence-corrected chi connectivity index (χ4v) is 4.58. The summed E-state index contributed by atoms with van der Waals surface area (Å²) >= 11 is 6.23. The molecule has 0 aliphatic carbocycles. The summed E-state index contributed by atoms with van der Waals surface area (Å²) in [7, 11) is 1.61. The first-order chi connectivity index (χ1) is 20.1. The normalized spacial score (nSPS) is 11.0. The van der Waals surface area contributed by atoms with Crippen LogP contribution in [-0.4, -0.2) is 19.2 Å². The molecule has 0 aliphatic rings. The molecule has 5 rings (SSSR count). The van der Waals surface area contributed by atoms with Crippen LogP contribution in [0.25, 0.3) is 10.8 Å². The van der Waals surface area contributed by atoms with Gasteiger partial charge in [0.25, 0.3) is 0 Å². The maximum atomic E-state index is 12.6. The van der Waals surface area contributed by atoms with E-state index in [0.717, 1.165) is 27.5 Å². The third-order valence-corrected chi connectivity index (χ3v) is 6.69. The average Bonchev–Trinajstić information content (AvgIpc) is 3.00. The van der Waals surface area contributed by atoms with Crippen molar-refractivity contribution in [2.45, 2.75) is 19.6 Å². The molecule has 0 spiro atoms. The van der Waals surface area contributed by atoms with Crippen molar-refractivity contribution in [3.8, 4) is 17.2 Å². The van der Waals surface area contributed by atoms with Crippen LogP contribution >= 0.6 is 11.6 Å². The number of carbonyl (C=O) groups is 1. The van der Waals surface area contributed by atoms with Gasteiger partial charge >= 0.3 is 0 Å². The van der Waals surface area contributed by atoms with E-state index < -0.39 is 0 Å². The Balaban J connectivity index is 1.21. The molecule has 6 nitrogen and oxygen atoms in total. The summed E-state index contributed by atoms with van der Waals surface area (Å²) in [5.74, 6) is 1.63. The number of benzene rings is 5. The van der Waals surface area contributed by atoms with Gasteiger partial charge in [-0.2, -0.15) is 5.10 Å². The summed E-state index contributed by atoms with van der Waals surface area (Å²) in [5, 5.41) is 6.83. The number of nitrogens with zero attached hydrogens (tertiary/aromatic N) is 1. The Morgan fingerprint density at radius 1 is 0.780 bits per heavy atom. The minimum atomic E-state index is -0.219. The number of methoxy groups -OCH3 is 1. The van der Waals surface area contributed by atoms with Gasteiger partial charge in [0.1, 0.15) is 19.0 Å². The molecular weight excluding hydrogens is 536 g/mol. The number of halogens is 1. The Labute approximate surface area is 244 Å². The molecule has 5 aromatic rings. The molecular formula is C34H29ClN2O4. The van der Waals surface area contributed by atoms with E-state index in [0.29, 0.717) is 34.4 Å². The molecule has 1 N–H and O–H groups in total. The largest absolute Gasteiger partial charge is 0.493 e. The number of nitrogens with one attached hydrogen (secondary N) is 1. The number of hydrogen-bond acceptors (Lipinski definition) is 5. The molecule has 0 heterocycles. The molecule has 0 aromatic heterocycles. The van der Waals surface area contributed by atoms with Gasteiger partial charge in [-0.15, -0.1) is 0 Å². The van der Waals surface area contributed by atoms with Crippen LogP contribution in [0.2, 0.25) is 5.02 Å². The predicted molar refractivity (Wildman–Crippen MR) is 163 cm³/mol. The number of carbonyl (C=O) groups excluding carboxylic acids is 1. The van der Waals surface area contributed by atoms with E-state index in [1.807, 2.05) is 91.0 Å². The molecule has 0 atom stereocenters. The highest BCUT2D eigenvalue weighted by Crippen LogP contribution is 2.30. The minimum Gasteiger partial charge on any atom is -0.493 e. The smallest absolute Gasteiger partial charge is 0.244 e. The van der Waals surface area contributed by atoms with Gasteiger partial charge in [0.15, 0.2) is 11.5 Å². The number of fused-ring (bicyclic) bond motifs is 1. The van der Waals surface area contributed by atoms with E-state index >= 15 is 0 Å². The van der Waals surface area contributed by atoms with E-state index in [-0.39, 0.29) is 18.9 Å². The second-order valence-electron chi connectivity index (χ2n) is 9.34. The number of ether oxygens (including phenoxy) is 3. The third kappa shape index (κ3) is 7.44. The maximum Gasteiger partial charge on any atom is 0.244 e. The van der Waals surface area contributed by atoms with Gasteiger partial charge in [-0.05, 0) is 57.8 Å². The number of amides is 1. The van der Waals surface area contributed by atoms with Gasteiger partial charge in [0, 0.05) is 10.6 Å². The molecule has 206 valence electrons. The Kier molecular flexibility index (Phi) is 9.14. The second kappa shape index (κ2) is 13.5. The highest BCUT2D eigenvalue weighted by Gasteiger charge is 2.10. The lowest BCUT2D eigenvalue weighted by Crippen LogP contribution is -2.20. The van der Waals surface area contributed by atoms with Crippen molar-refractivity contribution < 1.29 is 19.0 Å². The van der Waals surface area contributed by atoms with Crippen molar-refractivity contribution in [3.63, 3.8) is 0 Å². The Hall–Kier alpha value is -4.81. The summed E-state index contributed by atoms with van der Waals surface area (Å²) < 4.78 is 17.6. The van der Waals surface area contributed by atoms with Crippen LogP contribution in [0.4, 0.5) is 0 Å². The monoisotopic (exact) mass is 564 g/mol. The molecule has 5 aromatic carbocycles. The predicted octanol–water partition coefficient (Wildman–Crippen LogP) is 7.35. The van der Waals surface area contributed by atoms with Gasteiger partial charge in [0.05, 0.1) is 19.7 Å². The number of hydrazone groups is 1. The van der Waals surface area contributed by atoms with E-state index in [2.05, 4.69) is 10.5 Å². The quantitative estimate of drug-likeness (QED) is 0.134. The fraction of sp³-hybridized carbons (Fsp3) is 0.118. The highest BCUT2D eigenvalue weighted by atomic mass is 35.5. The Morgan fingerprint density at radius 2 is 1.51 bits per heavy atom. The van der Waals surface area contributed by atoms with E-state index in [9.17, 15) is 4.79 Å². The zero-order valence-corrected chi connectivity index (χ0v) is 23.3. The second-order valence-corrected chi connectivity index (χ2v) is 9.77. The third-order valence-electron chi connectivity index (χ3n) is 6.46. The minimum absolute atomic E-state index is 0.213. The molecule has 1 amide bonds. The van der Waals surface area contributed by atoms with Crippen molar-refractivity contribution in [2.75, 3.05) is 7.11 Å². The van der Waals surface area contributed by atoms with Crippen LogP contribution in [0.15, 0.2) is 114 Å². The van der Waals surface area contributed by atoms with Crippen LogP contribution in [0.3, 0.4) is 0 Å². The first kappa shape index (κ1) is 27.7. The SMILES string of the molecule is COc1cc(COc2ccc(Cl)cc2/C=N/NC(=O)Cc2cccc3ccccc23)ccc1OCc1ccccc1. The molecule has 0 radical (unpaired) electrons. The summed E-state index contributed by atoms with van der Waals surface area (Å²) in [6, 6.07) is 34.8. The molecule has 0 saturated carbocycles. The van der Waals surface area contributed by atoms with Gasteiger partial charge in [-0.3, -0.25) is 4.79 Å². The first-order valence-corrected chi connectivity index (χ1v) is 13.5. The van der Waals surface area contributed by atoms with Crippen molar-refractivity contribution in [1.29, 1.82) is 0 Å². The van der Waals surface area contributed by atoms with Crippen LogP contribution in [0.1, 0.15) is 22.3 Å². The molecule has 0 unspecified atom stereocenters. The van der Waals surface area contributed by atoms with Crippen molar-refractivity contribution in [1.82, 2.24) is 5.43 Å². The van der Waals surface area contributed by atoms with Crippen LogP contribution in [0, 0.1) is 0 Å². The van der Waals surface area contributed by atoms with Crippen LogP contribution in [-0.2, 0) is 24.4 Å². The van der Waals surface area contributed by atoms with Crippen LogP contribution < -0.4 is 19.6 Å². The molecule has 0 bridgehead atoms. The van der Waals surface area contributed by atoms with Crippen molar-refractivity contribution in [2.24, 2.45) is 5.10 Å². The van der Waals surface area contributed by atoms with Gasteiger partial charge in [0.2, 0.25) is 5.91 Å². The maximum absolute atomic E-state index is 12.6. The van der Waals surface area contributed by atoms with Gasteiger partial charge < -0.3 is 14.2 Å². The molecule has 7 heteroatoms. The molecule has 0 fully saturated rings. The van der Waals surface area contributed by atoms with Crippen LogP contribution in [0.5, 0.6) is 17.2 Å². The Bertz CT molecular complexity index is 1670. The molecule has 41 heavy (non-hydrogen) atoms. The fourth-order valence-electron chi connectivity index (χ4n) is 4.40. The van der Waals surface area contributed by atoms with Crippen molar-refractivity contribution in [3.05, 3.63) is 136 Å². The van der Waals surface area contributed by atoms with E-state index in [4.69, 9.17) is 25.8 Å². The number of hydrogen-bond donors (Lipinski definition) is 1.